The van der Waals surface area contributed by atoms with Crippen LogP contribution in [0, 0.1) is 17.8 Å². The van der Waals surface area contributed by atoms with Crippen LogP contribution in [0.2, 0.25) is 0 Å². The largest absolute Gasteiger partial charge is 0.271 e. The standard InChI is InChI=1S/C15H30N2/c1-2-12-7-9-14(10-8-12)15(17-16)11-13-5-3-4-6-13/h12-15,17H,2-11,16H2,1H3. The molecule has 17 heavy (non-hydrogen) atoms. The monoisotopic (exact) mass is 238 g/mol. The third-order valence-electron chi connectivity index (χ3n) is 5.31. The van der Waals surface area contributed by atoms with Crippen LogP contribution < -0.4 is 11.3 Å². The van der Waals surface area contributed by atoms with Crippen molar-refractivity contribution in [2.75, 3.05) is 0 Å². The summed E-state index contributed by atoms with van der Waals surface area (Å²) in [6.45, 7) is 2.34. The number of rotatable bonds is 5. The van der Waals surface area contributed by atoms with Crippen LogP contribution in [0.3, 0.4) is 0 Å². The highest BCUT2D eigenvalue weighted by Crippen LogP contribution is 2.36. The molecule has 2 aliphatic carbocycles. The van der Waals surface area contributed by atoms with E-state index in [-0.39, 0.29) is 0 Å². The summed E-state index contributed by atoms with van der Waals surface area (Å²) in [5, 5.41) is 0. The van der Waals surface area contributed by atoms with E-state index in [1.807, 2.05) is 0 Å². The van der Waals surface area contributed by atoms with Gasteiger partial charge >= 0.3 is 0 Å². The fourth-order valence-electron chi connectivity index (χ4n) is 4.00. The Hall–Kier alpha value is -0.0800. The Bertz CT molecular complexity index is 203. The third kappa shape index (κ3) is 3.69. The molecule has 2 nitrogen and oxygen atoms in total. The van der Waals surface area contributed by atoms with Crippen molar-refractivity contribution in [2.45, 2.75) is 77.2 Å². The molecule has 0 aromatic heterocycles. The Morgan fingerprint density at radius 2 is 1.65 bits per heavy atom. The van der Waals surface area contributed by atoms with Crippen molar-refractivity contribution in [1.29, 1.82) is 0 Å². The number of nitrogens with two attached hydrogens (primary N) is 1. The molecule has 0 amide bonds. The lowest BCUT2D eigenvalue weighted by molar-refractivity contribution is 0.197. The van der Waals surface area contributed by atoms with Crippen LogP contribution in [-0.4, -0.2) is 6.04 Å². The van der Waals surface area contributed by atoms with Crippen LogP contribution in [0.25, 0.3) is 0 Å². The molecular weight excluding hydrogens is 208 g/mol. The third-order valence-corrected chi connectivity index (χ3v) is 5.31. The summed E-state index contributed by atoms with van der Waals surface area (Å²) in [6, 6.07) is 0.593. The second kappa shape index (κ2) is 6.75. The van der Waals surface area contributed by atoms with Gasteiger partial charge in [0.1, 0.15) is 0 Å². The van der Waals surface area contributed by atoms with Gasteiger partial charge in [0.05, 0.1) is 0 Å². The molecule has 0 aromatic rings. The summed E-state index contributed by atoms with van der Waals surface area (Å²) in [5.74, 6) is 8.60. The van der Waals surface area contributed by atoms with E-state index in [1.54, 1.807) is 0 Å². The van der Waals surface area contributed by atoms with Crippen molar-refractivity contribution in [2.24, 2.45) is 23.6 Å². The molecule has 0 aromatic carbocycles. The van der Waals surface area contributed by atoms with Crippen molar-refractivity contribution in [1.82, 2.24) is 5.43 Å². The van der Waals surface area contributed by atoms with E-state index in [2.05, 4.69) is 12.3 Å². The molecule has 2 fully saturated rings. The zero-order valence-electron chi connectivity index (χ0n) is 11.5. The van der Waals surface area contributed by atoms with E-state index in [1.165, 1.54) is 64.2 Å². The minimum Gasteiger partial charge on any atom is -0.271 e. The van der Waals surface area contributed by atoms with Crippen LogP contribution in [-0.2, 0) is 0 Å². The highest BCUT2D eigenvalue weighted by Gasteiger charge is 2.29. The van der Waals surface area contributed by atoms with Crippen molar-refractivity contribution in [3.63, 3.8) is 0 Å². The topological polar surface area (TPSA) is 38.0 Å². The van der Waals surface area contributed by atoms with E-state index >= 15 is 0 Å². The Labute approximate surface area is 107 Å². The number of hydrazine groups is 1. The summed E-state index contributed by atoms with van der Waals surface area (Å²) in [4.78, 5) is 0. The fourth-order valence-corrected chi connectivity index (χ4v) is 4.00. The molecule has 0 spiro atoms. The van der Waals surface area contributed by atoms with Gasteiger partial charge in [0.2, 0.25) is 0 Å². The van der Waals surface area contributed by atoms with Crippen LogP contribution in [0.4, 0.5) is 0 Å². The maximum absolute atomic E-state index is 5.80. The molecule has 100 valence electrons. The van der Waals surface area contributed by atoms with Gasteiger partial charge in [-0.3, -0.25) is 11.3 Å². The average molecular weight is 238 g/mol. The Morgan fingerprint density at radius 3 is 2.18 bits per heavy atom. The summed E-state index contributed by atoms with van der Waals surface area (Å²) in [6.07, 6.45) is 14.2. The van der Waals surface area contributed by atoms with Crippen molar-refractivity contribution < 1.29 is 0 Å². The Kier molecular flexibility index (Phi) is 5.30. The lowest BCUT2D eigenvalue weighted by Crippen LogP contribution is -2.43. The lowest BCUT2D eigenvalue weighted by Gasteiger charge is -2.34. The van der Waals surface area contributed by atoms with Crippen LogP contribution >= 0.6 is 0 Å². The molecule has 1 atom stereocenters. The van der Waals surface area contributed by atoms with Gasteiger partial charge in [-0.25, -0.2) is 0 Å². The maximum atomic E-state index is 5.80. The van der Waals surface area contributed by atoms with Gasteiger partial charge in [-0.15, -0.1) is 0 Å². The number of hydrogen-bond donors (Lipinski definition) is 2. The summed E-state index contributed by atoms with van der Waals surface area (Å²) in [5.41, 5.74) is 3.13. The first-order valence-corrected chi connectivity index (χ1v) is 7.79. The van der Waals surface area contributed by atoms with Crippen molar-refractivity contribution >= 4 is 0 Å². The van der Waals surface area contributed by atoms with E-state index in [9.17, 15) is 0 Å². The van der Waals surface area contributed by atoms with Crippen molar-refractivity contribution in [3.8, 4) is 0 Å². The van der Waals surface area contributed by atoms with Gasteiger partial charge in [-0.2, -0.15) is 0 Å². The molecular formula is C15H30N2. The van der Waals surface area contributed by atoms with Gasteiger partial charge in [-0.05, 0) is 37.0 Å². The zero-order chi connectivity index (χ0) is 12.1. The smallest absolute Gasteiger partial charge is 0.0241 e. The highest BCUT2D eigenvalue weighted by atomic mass is 15.2. The molecule has 2 saturated carbocycles. The second-order valence-electron chi connectivity index (χ2n) is 6.35. The predicted molar refractivity (Wildman–Crippen MR) is 73.4 cm³/mol. The van der Waals surface area contributed by atoms with Crippen LogP contribution in [0.5, 0.6) is 0 Å². The van der Waals surface area contributed by atoms with E-state index in [0.29, 0.717) is 6.04 Å². The first kappa shape index (κ1) is 13.4. The average Bonchev–Trinajstić information content (AvgIpc) is 2.89. The normalized spacial score (nSPS) is 32.8. The molecule has 0 saturated heterocycles. The van der Waals surface area contributed by atoms with Gasteiger partial charge in [0.25, 0.3) is 0 Å². The highest BCUT2D eigenvalue weighted by molar-refractivity contribution is 4.83. The maximum Gasteiger partial charge on any atom is 0.0241 e. The first-order valence-electron chi connectivity index (χ1n) is 7.79. The second-order valence-corrected chi connectivity index (χ2v) is 6.35. The van der Waals surface area contributed by atoms with Gasteiger partial charge in [0.15, 0.2) is 0 Å². The molecule has 0 aliphatic heterocycles. The zero-order valence-corrected chi connectivity index (χ0v) is 11.5. The van der Waals surface area contributed by atoms with Crippen LogP contribution in [0.15, 0.2) is 0 Å². The molecule has 2 rings (SSSR count). The number of hydrogen-bond acceptors (Lipinski definition) is 2. The molecule has 3 N–H and O–H groups in total. The Morgan fingerprint density at radius 1 is 1.00 bits per heavy atom. The number of nitrogens with one attached hydrogen (secondary N) is 1. The predicted octanol–water partition coefficient (Wildman–Crippen LogP) is 3.62. The van der Waals surface area contributed by atoms with Gasteiger partial charge < -0.3 is 0 Å². The quantitative estimate of drug-likeness (QED) is 0.567. The SMILES string of the molecule is CCC1CCC(C(CC2CCCC2)NN)CC1. The summed E-state index contributed by atoms with van der Waals surface area (Å²) < 4.78 is 0. The lowest BCUT2D eigenvalue weighted by atomic mass is 9.76. The van der Waals surface area contributed by atoms with Crippen LogP contribution in [0.1, 0.15) is 71.1 Å². The Balaban J connectivity index is 1.77. The van der Waals surface area contributed by atoms with E-state index in [4.69, 9.17) is 5.84 Å². The summed E-state index contributed by atoms with van der Waals surface area (Å²) >= 11 is 0. The van der Waals surface area contributed by atoms with E-state index < -0.39 is 0 Å². The van der Waals surface area contributed by atoms with Gasteiger partial charge in [0, 0.05) is 6.04 Å². The van der Waals surface area contributed by atoms with Crippen molar-refractivity contribution in [3.05, 3.63) is 0 Å². The summed E-state index contributed by atoms with van der Waals surface area (Å²) in [7, 11) is 0. The minimum absolute atomic E-state index is 0.593. The molecule has 0 bridgehead atoms. The molecule has 1 unspecified atom stereocenters. The fraction of sp³-hybridized carbons (Fsp3) is 1.00. The first-order chi connectivity index (χ1) is 8.33. The molecule has 2 aliphatic rings. The molecule has 0 heterocycles. The molecule has 0 radical (unpaired) electrons. The molecule has 2 heteroatoms. The van der Waals surface area contributed by atoms with E-state index in [0.717, 1.165) is 17.8 Å². The minimum atomic E-state index is 0.593. The van der Waals surface area contributed by atoms with Gasteiger partial charge in [-0.1, -0.05) is 51.9 Å².